The predicted molar refractivity (Wildman–Crippen MR) is 312 cm³/mol. The molecule has 4 heterocycles. The van der Waals surface area contributed by atoms with E-state index in [0.29, 0.717) is 53.3 Å². The van der Waals surface area contributed by atoms with Crippen LogP contribution >= 0.6 is 11.6 Å². The summed E-state index contributed by atoms with van der Waals surface area (Å²) >= 11 is 6.30. The van der Waals surface area contributed by atoms with Crippen LogP contribution in [-0.4, -0.2) is 157 Å². The van der Waals surface area contributed by atoms with E-state index in [1.54, 1.807) is 72.0 Å². The number of fused-ring (bicyclic) bond motifs is 2. The fraction of sp³-hybridized carbons (Fsp3) is 0.517. The fourth-order valence-corrected chi connectivity index (χ4v) is 13.4. The Labute approximate surface area is 502 Å². The van der Waals surface area contributed by atoms with Crippen molar-refractivity contribution in [3.8, 4) is 23.1 Å². The van der Waals surface area contributed by atoms with Crippen molar-refractivity contribution in [2.75, 3.05) is 27.3 Å². The molecule has 6 fully saturated rings. The molecule has 10 rings (SSSR count). The van der Waals surface area contributed by atoms with Crippen LogP contribution in [0.1, 0.15) is 92.9 Å². The van der Waals surface area contributed by atoms with Gasteiger partial charge in [-0.15, -0.1) is 13.2 Å². The van der Waals surface area contributed by atoms with Crippen molar-refractivity contribution in [2.45, 2.75) is 150 Å². The minimum atomic E-state index is -3.86. The maximum Gasteiger partial charge on any atom is 0.411 e. The van der Waals surface area contributed by atoms with Gasteiger partial charge in [-0.25, -0.2) is 40.8 Å². The molecule has 6 amide bonds. The lowest BCUT2D eigenvalue weighted by Gasteiger charge is -2.29. The number of ether oxygens (including phenoxy) is 6. The number of nitrogens with zero attached hydrogens (tertiary/aromatic N) is 4. The molecular weight excluding hydrogens is 1180 g/mol. The highest BCUT2D eigenvalue weighted by molar-refractivity contribution is 7.91. The molecule has 28 heteroatoms. The third-order valence-electron chi connectivity index (χ3n) is 15.5. The molecule has 8 atom stereocenters. The van der Waals surface area contributed by atoms with Crippen LogP contribution in [0, 0.1) is 17.7 Å². The molecule has 0 bridgehead atoms. The maximum absolute atomic E-state index is 14.5. The first-order valence-electron chi connectivity index (χ1n) is 27.9. The Kier molecular flexibility index (Phi) is 17.3. The zero-order valence-corrected chi connectivity index (χ0v) is 51.2. The first-order chi connectivity index (χ1) is 40.3. The Morgan fingerprint density at radius 1 is 0.651 bits per heavy atom. The summed E-state index contributed by atoms with van der Waals surface area (Å²) in [7, 11) is -4.85. The zero-order chi connectivity index (χ0) is 62.6. The number of hydrogen-bond acceptors (Lipinski definition) is 18. The molecule has 4 aliphatic carbocycles. The normalized spacial score (nSPS) is 25.1. The van der Waals surface area contributed by atoms with Crippen molar-refractivity contribution in [1.29, 1.82) is 0 Å². The van der Waals surface area contributed by atoms with E-state index in [-0.39, 0.29) is 55.6 Å². The third kappa shape index (κ3) is 13.7. The van der Waals surface area contributed by atoms with E-state index < -0.39 is 131 Å². The van der Waals surface area contributed by atoms with Crippen molar-refractivity contribution in [3.63, 3.8) is 0 Å². The Hall–Kier alpha value is -7.52. The number of carbonyl (C=O) groups excluding carboxylic acids is 6. The minimum absolute atomic E-state index is 0.00138. The van der Waals surface area contributed by atoms with Crippen LogP contribution in [0.25, 0.3) is 21.5 Å². The largest absolute Gasteiger partial charge is 0.494 e. The van der Waals surface area contributed by atoms with E-state index in [9.17, 15) is 50.0 Å². The Morgan fingerprint density at radius 2 is 1.09 bits per heavy atom. The van der Waals surface area contributed by atoms with Gasteiger partial charge in [0, 0.05) is 47.8 Å². The summed E-state index contributed by atoms with van der Waals surface area (Å²) in [6.07, 6.45) is 5.40. The Morgan fingerprint density at radius 3 is 1.52 bits per heavy atom. The lowest BCUT2D eigenvalue weighted by molar-refractivity contribution is -0.131. The number of sulfonamides is 2. The summed E-state index contributed by atoms with van der Waals surface area (Å²) < 4.78 is 103. The summed E-state index contributed by atoms with van der Waals surface area (Å²) in [5.74, 6) is -3.65. The van der Waals surface area contributed by atoms with E-state index >= 15 is 0 Å². The van der Waals surface area contributed by atoms with E-state index in [1.807, 2.05) is 0 Å². The monoisotopic (exact) mass is 1250 g/mol. The van der Waals surface area contributed by atoms with Crippen LogP contribution in [-0.2, 0) is 48.7 Å². The summed E-state index contributed by atoms with van der Waals surface area (Å²) in [5.41, 5.74) is -4.73. The average Bonchev–Trinajstić information content (AvgIpc) is 1.61. The molecule has 86 heavy (non-hydrogen) atoms. The molecule has 2 aromatic carbocycles. The van der Waals surface area contributed by atoms with Gasteiger partial charge in [0.2, 0.25) is 37.7 Å². The SMILES string of the molecule is C=C[C@@H]1C[C@]1(NC(=O)[C@@H]1C[C@@H](Oc2cc3c(Cl)nccc3cc2OC)CN1C(=O)OC(C)(C)C)C(=O)NS(=O)(=O)C1CC1.C=C[C@@H]1C[C@]1(NC(=O)[C@@H]1C[C@@H](Oc2nccc3cc(OC)c(F)cc23)CN1C(=O)OC(C)(C)C)C(=O)NS(=O)(=O)C1CC1. The summed E-state index contributed by atoms with van der Waals surface area (Å²) in [6.45, 7) is 17.5. The molecule has 2 saturated heterocycles. The molecule has 0 unspecified atom stereocenters. The van der Waals surface area contributed by atoms with Gasteiger partial charge < -0.3 is 39.1 Å². The molecule has 464 valence electrons. The summed E-state index contributed by atoms with van der Waals surface area (Å²) in [4.78, 5) is 91.2. The van der Waals surface area contributed by atoms with Gasteiger partial charge in [-0.2, -0.15) is 0 Å². The number of benzene rings is 2. The number of likely N-dealkylation sites (tertiary alicyclic amines) is 2. The highest BCUT2D eigenvalue weighted by Gasteiger charge is 2.63. The molecular formula is C58H70ClFN8O16S2. The third-order valence-corrected chi connectivity index (χ3v) is 19.4. The van der Waals surface area contributed by atoms with E-state index in [0.717, 1.165) is 5.39 Å². The second-order valence-corrected chi connectivity index (χ2v) is 28.5. The van der Waals surface area contributed by atoms with Gasteiger partial charge in [-0.1, -0.05) is 23.8 Å². The number of methoxy groups -OCH3 is 2. The van der Waals surface area contributed by atoms with Gasteiger partial charge in [0.15, 0.2) is 23.1 Å². The van der Waals surface area contributed by atoms with Gasteiger partial charge in [0.05, 0.1) is 37.8 Å². The van der Waals surface area contributed by atoms with Crippen LogP contribution in [0.15, 0.2) is 74.1 Å². The van der Waals surface area contributed by atoms with Crippen LogP contribution in [0.3, 0.4) is 0 Å². The van der Waals surface area contributed by atoms with Gasteiger partial charge in [0.1, 0.15) is 51.7 Å². The molecule has 4 N–H and O–H groups in total. The minimum Gasteiger partial charge on any atom is -0.494 e. The lowest BCUT2D eigenvalue weighted by atomic mass is 10.1. The van der Waals surface area contributed by atoms with Gasteiger partial charge in [0.25, 0.3) is 11.8 Å². The number of pyridine rings is 2. The summed E-state index contributed by atoms with van der Waals surface area (Å²) in [5, 5.41) is 6.88. The van der Waals surface area contributed by atoms with Gasteiger partial charge >= 0.3 is 12.2 Å². The number of halogens is 2. The molecule has 0 spiro atoms. The fourth-order valence-electron chi connectivity index (χ4n) is 10.5. The number of rotatable bonds is 18. The average molecular weight is 1250 g/mol. The van der Waals surface area contributed by atoms with E-state index in [2.05, 4.69) is 43.2 Å². The van der Waals surface area contributed by atoms with Crippen molar-refractivity contribution >= 4 is 89.0 Å². The number of aromatic nitrogens is 2. The molecule has 4 saturated carbocycles. The molecule has 24 nitrogen and oxygen atoms in total. The first-order valence-corrected chi connectivity index (χ1v) is 31.4. The topological polar surface area (TPSA) is 306 Å². The Bertz CT molecular complexity index is 3650. The quantitative estimate of drug-likeness (QED) is 0.0643. The first kappa shape index (κ1) is 63.0. The van der Waals surface area contributed by atoms with Crippen molar-refractivity contribution in [2.24, 2.45) is 11.8 Å². The molecule has 2 aliphatic heterocycles. The van der Waals surface area contributed by atoms with Crippen LogP contribution < -0.4 is 39.0 Å². The van der Waals surface area contributed by atoms with Crippen molar-refractivity contribution < 1.29 is 78.4 Å². The van der Waals surface area contributed by atoms with Crippen LogP contribution in [0.2, 0.25) is 5.15 Å². The highest BCUT2D eigenvalue weighted by Crippen LogP contribution is 2.47. The number of nitrogens with one attached hydrogen (secondary N) is 4. The Balaban J connectivity index is 0.000000205. The van der Waals surface area contributed by atoms with Gasteiger partial charge in [-0.3, -0.25) is 38.4 Å². The van der Waals surface area contributed by atoms with E-state index in [1.165, 1.54) is 54.5 Å². The number of carbonyl (C=O) groups is 6. The maximum atomic E-state index is 14.5. The van der Waals surface area contributed by atoms with Crippen LogP contribution in [0.5, 0.6) is 23.1 Å². The predicted octanol–water partition coefficient (Wildman–Crippen LogP) is 6.13. The standard InChI is InChI=1S/C29H35ClN4O8S.C29H35FN4O8S/c1-6-17-14-29(17,26(36)33-43(38,39)19-7-8-19)32-25(35)21-12-18(15-34(21)27(37)42-28(2,3)4)41-23-13-20-16(11-22(23)40-5)9-10-31-24(20)30;1-6-17-14-29(17,26(36)33-43(38,39)19-7-8-19)32-24(35)22-12-18(15-34(22)27(37)42-28(2,3)4)41-25-20-13-21(30)23(40-5)11-16(20)9-10-31-25/h6,9-11,13,17-19,21H,1,7-8,12,14-15H2,2-5H3,(H,32,35)(H,33,36);6,9-11,13,17-19,22H,1,7-8,12,14-15H2,2-5H3,(H,32,35)(H,33,36)/t17-,18-,21+,29-;17-,18-,22+,29-/m11/s1. The number of hydrogen-bond donors (Lipinski definition) is 4. The van der Waals surface area contributed by atoms with Crippen molar-refractivity contribution in [3.05, 3.63) is 85.1 Å². The molecule has 6 aliphatic rings. The second kappa shape index (κ2) is 23.6. The van der Waals surface area contributed by atoms with Gasteiger partial charge in [-0.05, 0) is 127 Å². The molecule has 0 radical (unpaired) electrons. The molecule has 2 aromatic heterocycles. The smallest absolute Gasteiger partial charge is 0.411 e. The summed E-state index contributed by atoms with van der Waals surface area (Å²) in [6, 6.07) is 7.44. The number of amides is 6. The van der Waals surface area contributed by atoms with Crippen LogP contribution in [0.4, 0.5) is 14.0 Å². The van der Waals surface area contributed by atoms with Crippen molar-refractivity contribution in [1.82, 2.24) is 39.8 Å². The second-order valence-electron chi connectivity index (χ2n) is 24.3. The highest BCUT2D eigenvalue weighted by atomic mass is 35.5. The molecule has 4 aromatic rings. The lowest BCUT2D eigenvalue weighted by Crippen LogP contribution is -2.56. The zero-order valence-electron chi connectivity index (χ0n) is 48.8. The van der Waals surface area contributed by atoms with E-state index in [4.69, 9.17) is 40.0 Å².